The topological polar surface area (TPSA) is 36.4 Å². The van der Waals surface area contributed by atoms with Gasteiger partial charge in [-0.25, -0.2) is 4.98 Å². The molecule has 0 saturated carbocycles. The lowest BCUT2D eigenvalue weighted by atomic mass is 10.1. The van der Waals surface area contributed by atoms with Crippen molar-refractivity contribution in [3.05, 3.63) is 86.5 Å². The number of phenols is 1. The van der Waals surface area contributed by atoms with Crippen molar-refractivity contribution in [2.75, 3.05) is 13.1 Å². The first-order valence-electron chi connectivity index (χ1n) is 9.31. The van der Waals surface area contributed by atoms with Gasteiger partial charge in [-0.2, -0.15) is 0 Å². The van der Waals surface area contributed by atoms with E-state index in [0.717, 1.165) is 36.8 Å². The molecule has 1 aliphatic heterocycles. The van der Waals surface area contributed by atoms with Crippen LogP contribution in [-0.4, -0.2) is 28.1 Å². The Kier molecular flexibility index (Phi) is 6.12. The predicted octanol–water partition coefficient (Wildman–Crippen LogP) is 6.75. The number of pyridine rings is 1. The van der Waals surface area contributed by atoms with Crippen LogP contribution >= 0.6 is 34.8 Å². The smallest absolute Gasteiger partial charge is 0.160 e. The van der Waals surface area contributed by atoms with E-state index in [1.165, 1.54) is 17.2 Å². The minimum absolute atomic E-state index is 0.0453. The highest BCUT2D eigenvalue weighted by atomic mass is 35.5. The number of allylic oxidation sites excluding steroid dienone is 1. The molecule has 3 nitrogen and oxygen atoms in total. The van der Waals surface area contributed by atoms with Gasteiger partial charge in [0.05, 0.1) is 15.7 Å². The molecular formula is C23H19Cl3N2O. The molecule has 0 atom stereocenters. The van der Waals surface area contributed by atoms with E-state index >= 15 is 0 Å². The molecule has 0 bridgehead atoms. The zero-order valence-electron chi connectivity index (χ0n) is 15.6. The maximum Gasteiger partial charge on any atom is 0.160 e. The largest absolute Gasteiger partial charge is 0.504 e. The van der Waals surface area contributed by atoms with Gasteiger partial charge in [-0.05, 0) is 54.0 Å². The molecule has 1 aliphatic rings. The van der Waals surface area contributed by atoms with Gasteiger partial charge >= 0.3 is 0 Å². The number of benzene rings is 2. The van der Waals surface area contributed by atoms with E-state index in [9.17, 15) is 5.11 Å². The van der Waals surface area contributed by atoms with Crippen molar-refractivity contribution in [3.63, 3.8) is 0 Å². The highest BCUT2D eigenvalue weighted by Gasteiger charge is 2.12. The van der Waals surface area contributed by atoms with Crippen molar-refractivity contribution in [2.24, 2.45) is 0 Å². The van der Waals surface area contributed by atoms with Crippen LogP contribution in [0.15, 0.2) is 60.2 Å². The second-order valence-electron chi connectivity index (χ2n) is 7.05. The third-order valence-corrected chi connectivity index (χ3v) is 5.85. The summed E-state index contributed by atoms with van der Waals surface area (Å²) in [5.74, 6) is -0.0453. The summed E-state index contributed by atoms with van der Waals surface area (Å²) in [5.41, 5.74) is 3.69. The van der Waals surface area contributed by atoms with Gasteiger partial charge in [-0.15, -0.1) is 0 Å². The molecular weight excluding hydrogens is 427 g/mol. The number of hydrogen-bond donors (Lipinski definition) is 1. The fraction of sp³-hybridized carbons (Fsp3) is 0.174. The van der Waals surface area contributed by atoms with Crippen LogP contribution in [-0.2, 0) is 6.54 Å². The SMILES string of the molecule is Oc1c(Cl)cc(Cl)c2ccc(C=CC3=CCN(Cc4ccc(Cl)cc4)CC3)nc12. The number of aromatic nitrogens is 1. The highest BCUT2D eigenvalue weighted by molar-refractivity contribution is 6.39. The standard InChI is InChI=1S/C23H19Cl3N2O/c24-17-4-1-16(2-5-17)14-28-11-9-15(10-12-28)3-6-18-7-8-19-20(25)13-21(26)23(29)22(19)27-18/h1-9,13,29H,10-12,14H2. The number of fused-ring (bicyclic) bond motifs is 1. The van der Waals surface area contributed by atoms with E-state index in [2.05, 4.69) is 34.2 Å². The molecule has 0 saturated heterocycles. The van der Waals surface area contributed by atoms with Crippen molar-refractivity contribution in [2.45, 2.75) is 13.0 Å². The Hall–Kier alpha value is -2.04. The minimum atomic E-state index is -0.0453. The lowest BCUT2D eigenvalue weighted by molar-refractivity contribution is 0.287. The summed E-state index contributed by atoms with van der Waals surface area (Å²) >= 11 is 18.2. The van der Waals surface area contributed by atoms with Crippen LogP contribution in [0.5, 0.6) is 5.75 Å². The van der Waals surface area contributed by atoms with Crippen molar-refractivity contribution in [3.8, 4) is 5.75 Å². The number of phenolic OH excluding ortho intramolecular Hbond substituents is 1. The van der Waals surface area contributed by atoms with Gasteiger partial charge in [0.25, 0.3) is 0 Å². The number of hydrogen-bond acceptors (Lipinski definition) is 3. The number of aromatic hydroxyl groups is 1. The van der Waals surface area contributed by atoms with Crippen LogP contribution in [0.1, 0.15) is 17.7 Å². The quantitative estimate of drug-likeness (QED) is 0.483. The van der Waals surface area contributed by atoms with Crippen molar-refractivity contribution < 1.29 is 5.11 Å². The molecule has 0 aliphatic carbocycles. The first-order valence-corrected chi connectivity index (χ1v) is 10.4. The van der Waals surface area contributed by atoms with Crippen molar-refractivity contribution in [1.29, 1.82) is 0 Å². The third kappa shape index (κ3) is 4.76. The van der Waals surface area contributed by atoms with Gasteiger partial charge in [0, 0.05) is 30.0 Å². The van der Waals surface area contributed by atoms with Crippen LogP contribution in [0, 0.1) is 0 Å². The van der Waals surface area contributed by atoms with Gasteiger partial charge in [0.1, 0.15) is 5.52 Å². The van der Waals surface area contributed by atoms with Crippen LogP contribution in [0.4, 0.5) is 0 Å². The average molecular weight is 446 g/mol. The Balaban J connectivity index is 1.45. The van der Waals surface area contributed by atoms with E-state index in [1.54, 1.807) is 0 Å². The van der Waals surface area contributed by atoms with E-state index in [4.69, 9.17) is 34.8 Å². The van der Waals surface area contributed by atoms with Gasteiger partial charge < -0.3 is 5.11 Å². The summed E-state index contributed by atoms with van der Waals surface area (Å²) in [6, 6.07) is 13.3. The summed E-state index contributed by atoms with van der Waals surface area (Å²) in [7, 11) is 0. The van der Waals surface area contributed by atoms with Crippen LogP contribution in [0.25, 0.3) is 17.0 Å². The fourth-order valence-electron chi connectivity index (χ4n) is 3.37. The Morgan fingerprint density at radius 3 is 2.52 bits per heavy atom. The molecule has 1 N–H and O–H groups in total. The molecule has 148 valence electrons. The second-order valence-corrected chi connectivity index (χ2v) is 8.30. The zero-order valence-corrected chi connectivity index (χ0v) is 17.8. The van der Waals surface area contributed by atoms with Gasteiger partial charge in [-0.3, -0.25) is 4.90 Å². The summed E-state index contributed by atoms with van der Waals surface area (Å²) in [4.78, 5) is 6.90. The van der Waals surface area contributed by atoms with Gasteiger partial charge in [-0.1, -0.05) is 59.1 Å². The number of nitrogens with zero attached hydrogens (tertiary/aromatic N) is 2. The first-order chi connectivity index (χ1) is 14.0. The maximum absolute atomic E-state index is 10.2. The molecule has 0 spiro atoms. The maximum atomic E-state index is 10.2. The Labute approximate surface area is 184 Å². The molecule has 2 heterocycles. The van der Waals surface area contributed by atoms with E-state index in [-0.39, 0.29) is 10.8 Å². The van der Waals surface area contributed by atoms with E-state index in [1.807, 2.05) is 30.3 Å². The Morgan fingerprint density at radius 1 is 1.00 bits per heavy atom. The van der Waals surface area contributed by atoms with Crippen molar-refractivity contribution in [1.82, 2.24) is 9.88 Å². The van der Waals surface area contributed by atoms with E-state index in [0.29, 0.717) is 15.9 Å². The zero-order chi connectivity index (χ0) is 20.4. The van der Waals surface area contributed by atoms with Crippen LogP contribution in [0.3, 0.4) is 0 Å². The summed E-state index contributed by atoms with van der Waals surface area (Å²) < 4.78 is 0. The van der Waals surface area contributed by atoms with Crippen LogP contribution < -0.4 is 0 Å². The van der Waals surface area contributed by atoms with Gasteiger partial charge in [0.15, 0.2) is 5.75 Å². The minimum Gasteiger partial charge on any atom is -0.504 e. The molecule has 0 fully saturated rings. The normalized spacial score (nSPS) is 15.2. The van der Waals surface area contributed by atoms with Gasteiger partial charge in [0.2, 0.25) is 0 Å². The molecule has 0 amide bonds. The summed E-state index contributed by atoms with van der Waals surface area (Å²) in [6.07, 6.45) is 7.24. The summed E-state index contributed by atoms with van der Waals surface area (Å²) in [5, 5.41) is 12.3. The average Bonchev–Trinajstić information content (AvgIpc) is 2.73. The summed E-state index contributed by atoms with van der Waals surface area (Å²) in [6.45, 7) is 2.81. The van der Waals surface area contributed by atoms with Crippen molar-refractivity contribution >= 4 is 51.8 Å². The second kappa shape index (κ2) is 8.76. The van der Waals surface area contributed by atoms with Crippen LogP contribution in [0.2, 0.25) is 15.1 Å². The molecule has 0 radical (unpaired) electrons. The fourth-order valence-corrected chi connectivity index (χ4v) is 4.02. The molecule has 29 heavy (non-hydrogen) atoms. The first kappa shape index (κ1) is 20.2. The molecule has 3 aromatic rings. The lowest BCUT2D eigenvalue weighted by Crippen LogP contribution is -2.27. The number of rotatable bonds is 4. The molecule has 6 heteroatoms. The molecule has 0 unspecified atom stereocenters. The third-order valence-electron chi connectivity index (χ3n) is 4.99. The lowest BCUT2D eigenvalue weighted by Gasteiger charge is -2.25. The Bertz CT molecular complexity index is 1110. The predicted molar refractivity (Wildman–Crippen MR) is 122 cm³/mol. The Morgan fingerprint density at radius 2 is 1.79 bits per heavy atom. The number of halogens is 3. The molecule has 2 aromatic carbocycles. The molecule has 1 aromatic heterocycles. The monoisotopic (exact) mass is 444 g/mol. The van der Waals surface area contributed by atoms with E-state index < -0.39 is 0 Å². The molecule has 4 rings (SSSR count). The highest BCUT2D eigenvalue weighted by Crippen LogP contribution is 2.36.